The van der Waals surface area contributed by atoms with E-state index in [0.717, 1.165) is 0 Å². The number of aryl methyl sites for hydroxylation is 1. The van der Waals surface area contributed by atoms with E-state index in [1.54, 1.807) is 7.05 Å². The molecular weight excluding hydrogens is 214 g/mol. The van der Waals surface area contributed by atoms with Gasteiger partial charge in [0.25, 0.3) is 5.95 Å². The Bertz CT molecular complexity index is 455. The highest BCUT2D eigenvalue weighted by Gasteiger charge is 2.08. The third kappa shape index (κ3) is 2.29. The third-order valence-corrected chi connectivity index (χ3v) is 1.62. The van der Waals surface area contributed by atoms with Gasteiger partial charge in [0.2, 0.25) is 11.9 Å². The van der Waals surface area contributed by atoms with Crippen LogP contribution in [-0.4, -0.2) is 40.9 Å². The van der Waals surface area contributed by atoms with Gasteiger partial charge in [-0.3, -0.25) is 10.1 Å². The molecule has 0 saturated heterocycles. The van der Waals surface area contributed by atoms with Gasteiger partial charge in [-0.2, -0.15) is 4.80 Å². The predicted molar refractivity (Wildman–Crippen MR) is 51.9 cm³/mol. The van der Waals surface area contributed by atoms with Crippen LogP contribution in [0.2, 0.25) is 0 Å². The standard InChI is InChI=1S/C6H9N9O/c1-14-12-6(10-13-14)9-4(16)2-15-3-8-5(7)11-15/h3H,2H2,1H3,(H2,7,11)(H,9,12,16). The molecule has 84 valence electrons. The van der Waals surface area contributed by atoms with Crippen molar-refractivity contribution in [3.8, 4) is 0 Å². The fraction of sp³-hybridized carbons (Fsp3) is 0.333. The first kappa shape index (κ1) is 10.0. The fourth-order valence-corrected chi connectivity index (χ4v) is 1.03. The van der Waals surface area contributed by atoms with Gasteiger partial charge in [-0.05, 0) is 5.21 Å². The van der Waals surface area contributed by atoms with Crippen LogP contribution >= 0.6 is 0 Å². The molecule has 0 aromatic carbocycles. The van der Waals surface area contributed by atoms with Gasteiger partial charge in [0.1, 0.15) is 12.9 Å². The van der Waals surface area contributed by atoms with Crippen molar-refractivity contribution in [2.75, 3.05) is 11.1 Å². The van der Waals surface area contributed by atoms with Crippen molar-refractivity contribution >= 4 is 17.8 Å². The molecule has 1 amide bonds. The Labute approximate surface area is 89.4 Å². The second kappa shape index (κ2) is 3.92. The molecule has 10 nitrogen and oxygen atoms in total. The summed E-state index contributed by atoms with van der Waals surface area (Å²) in [7, 11) is 1.60. The van der Waals surface area contributed by atoms with E-state index >= 15 is 0 Å². The molecule has 0 spiro atoms. The smallest absolute Gasteiger partial charge is 0.270 e. The summed E-state index contributed by atoms with van der Waals surface area (Å²) in [5.41, 5.74) is 5.30. The van der Waals surface area contributed by atoms with Crippen LogP contribution in [-0.2, 0) is 18.4 Å². The van der Waals surface area contributed by atoms with Crippen molar-refractivity contribution in [3.05, 3.63) is 6.33 Å². The van der Waals surface area contributed by atoms with Gasteiger partial charge in [-0.1, -0.05) is 5.10 Å². The maximum absolute atomic E-state index is 11.4. The lowest BCUT2D eigenvalue weighted by molar-refractivity contribution is -0.116. The first-order chi connectivity index (χ1) is 7.63. The maximum atomic E-state index is 11.4. The van der Waals surface area contributed by atoms with E-state index in [0.29, 0.717) is 0 Å². The van der Waals surface area contributed by atoms with Crippen molar-refractivity contribution in [2.24, 2.45) is 7.05 Å². The third-order valence-electron chi connectivity index (χ3n) is 1.62. The molecule has 3 N–H and O–H groups in total. The summed E-state index contributed by atoms with van der Waals surface area (Å²) in [6.45, 7) is -0.0115. The van der Waals surface area contributed by atoms with Crippen LogP contribution in [0.15, 0.2) is 6.33 Å². The summed E-state index contributed by atoms with van der Waals surface area (Å²) in [4.78, 5) is 16.4. The molecule has 0 fully saturated rings. The van der Waals surface area contributed by atoms with Gasteiger partial charge in [-0.15, -0.1) is 10.2 Å². The quantitative estimate of drug-likeness (QED) is 0.616. The Morgan fingerprint density at radius 3 is 2.94 bits per heavy atom. The zero-order chi connectivity index (χ0) is 11.5. The van der Waals surface area contributed by atoms with Gasteiger partial charge < -0.3 is 5.73 Å². The molecule has 2 heterocycles. The summed E-state index contributed by atoms with van der Waals surface area (Å²) < 4.78 is 1.31. The van der Waals surface area contributed by atoms with Crippen LogP contribution < -0.4 is 11.1 Å². The first-order valence-electron chi connectivity index (χ1n) is 4.32. The van der Waals surface area contributed by atoms with Gasteiger partial charge in [0.15, 0.2) is 0 Å². The van der Waals surface area contributed by atoms with Crippen molar-refractivity contribution in [1.29, 1.82) is 0 Å². The number of rotatable bonds is 3. The lowest BCUT2D eigenvalue weighted by Gasteiger charge is -1.99. The van der Waals surface area contributed by atoms with Crippen molar-refractivity contribution in [2.45, 2.75) is 6.54 Å². The zero-order valence-electron chi connectivity index (χ0n) is 8.40. The number of anilines is 2. The Kier molecular flexibility index (Phi) is 2.45. The average molecular weight is 223 g/mol. The van der Waals surface area contributed by atoms with E-state index in [-0.39, 0.29) is 24.3 Å². The summed E-state index contributed by atoms with van der Waals surface area (Å²) in [6.07, 6.45) is 1.36. The Morgan fingerprint density at radius 1 is 1.56 bits per heavy atom. The summed E-state index contributed by atoms with van der Waals surface area (Å²) in [5, 5.41) is 17.2. The minimum Gasteiger partial charge on any atom is -0.367 e. The highest BCUT2D eigenvalue weighted by molar-refractivity contribution is 5.88. The minimum absolute atomic E-state index is 0.0115. The molecule has 0 radical (unpaired) electrons. The van der Waals surface area contributed by atoms with Gasteiger partial charge in [-0.25, -0.2) is 9.67 Å². The summed E-state index contributed by atoms with van der Waals surface area (Å²) in [6, 6.07) is 0. The summed E-state index contributed by atoms with van der Waals surface area (Å²) >= 11 is 0. The lowest BCUT2D eigenvalue weighted by Crippen LogP contribution is -2.20. The number of amides is 1. The molecule has 2 aromatic heterocycles. The Balaban J connectivity index is 1.94. The number of nitrogen functional groups attached to an aromatic ring is 1. The average Bonchev–Trinajstić information content (AvgIpc) is 2.76. The highest BCUT2D eigenvalue weighted by atomic mass is 16.2. The first-order valence-corrected chi connectivity index (χ1v) is 4.32. The summed E-state index contributed by atoms with van der Waals surface area (Å²) in [5.74, 6) is -0.0797. The number of nitrogens with zero attached hydrogens (tertiary/aromatic N) is 7. The number of nitrogens with one attached hydrogen (secondary N) is 1. The number of carbonyl (C=O) groups excluding carboxylic acids is 1. The van der Waals surface area contributed by atoms with Crippen LogP contribution in [0, 0.1) is 0 Å². The molecule has 0 aliphatic carbocycles. The van der Waals surface area contributed by atoms with E-state index in [1.165, 1.54) is 15.8 Å². The predicted octanol–water partition coefficient (Wildman–Crippen LogP) is -1.98. The van der Waals surface area contributed by atoms with E-state index in [1.807, 2.05) is 0 Å². The van der Waals surface area contributed by atoms with Crippen LogP contribution in [0.25, 0.3) is 0 Å². The van der Waals surface area contributed by atoms with Crippen LogP contribution in [0.3, 0.4) is 0 Å². The van der Waals surface area contributed by atoms with Gasteiger partial charge in [0.05, 0.1) is 7.05 Å². The van der Waals surface area contributed by atoms with E-state index in [4.69, 9.17) is 5.73 Å². The van der Waals surface area contributed by atoms with Crippen molar-refractivity contribution < 1.29 is 4.79 Å². The molecule has 16 heavy (non-hydrogen) atoms. The van der Waals surface area contributed by atoms with E-state index in [2.05, 4.69) is 30.8 Å². The van der Waals surface area contributed by atoms with E-state index < -0.39 is 0 Å². The van der Waals surface area contributed by atoms with E-state index in [9.17, 15) is 4.79 Å². The van der Waals surface area contributed by atoms with Crippen LogP contribution in [0.1, 0.15) is 0 Å². The molecule has 2 rings (SSSR count). The van der Waals surface area contributed by atoms with Gasteiger partial charge in [0, 0.05) is 0 Å². The second-order valence-electron chi connectivity index (χ2n) is 2.95. The zero-order valence-corrected chi connectivity index (χ0v) is 8.40. The SMILES string of the molecule is Cn1nnc(NC(=O)Cn2cnc(N)n2)n1. The van der Waals surface area contributed by atoms with Crippen LogP contribution in [0.5, 0.6) is 0 Å². The Morgan fingerprint density at radius 2 is 2.38 bits per heavy atom. The van der Waals surface area contributed by atoms with Crippen molar-refractivity contribution in [1.82, 2.24) is 35.0 Å². The molecule has 0 bridgehead atoms. The maximum Gasteiger partial charge on any atom is 0.270 e. The molecule has 0 unspecified atom stereocenters. The normalized spacial score (nSPS) is 10.3. The molecule has 10 heteroatoms. The molecule has 0 atom stereocenters. The van der Waals surface area contributed by atoms with Gasteiger partial charge >= 0.3 is 0 Å². The molecule has 0 aliphatic rings. The fourth-order valence-electron chi connectivity index (χ4n) is 1.03. The Hall–Kier alpha value is -2.52. The number of hydrogen-bond donors (Lipinski definition) is 2. The molecule has 0 saturated carbocycles. The highest BCUT2D eigenvalue weighted by Crippen LogP contribution is 1.94. The number of aromatic nitrogens is 7. The molecule has 0 aliphatic heterocycles. The lowest BCUT2D eigenvalue weighted by atomic mass is 10.6. The number of tetrazole rings is 1. The van der Waals surface area contributed by atoms with Crippen LogP contribution in [0.4, 0.5) is 11.9 Å². The minimum atomic E-state index is -0.335. The topological polar surface area (TPSA) is 129 Å². The number of nitrogens with two attached hydrogens (primary N) is 1. The largest absolute Gasteiger partial charge is 0.367 e. The second-order valence-corrected chi connectivity index (χ2v) is 2.95. The number of carbonyl (C=O) groups is 1. The monoisotopic (exact) mass is 223 g/mol. The molecular formula is C6H9N9O. The molecule has 2 aromatic rings. The number of hydrogen-bond acceptors (Lipinski definition) is 7. The van der Waals surface area contributed by atoms with Crippen molar-refractivity contribution in [3.63, 3.8) is 0 Å².